The maximum absolute atomic E-state index is 13.9. The molecule has 0 saturated carbocycles. The van der Waals surface area contributed by atoms with Crippen molar-refractivity contribution in [3.63, 3.8) is 0 Å². The lowest BCUT2D eigenvalue weighted by atomic mass is 9.92. The SMILES string of the molecule is CNc1cc(C(C)(C)C)nc(Cc2c(F)cccc2Cl)n1. The molecule has 0 aliphatic rings. The Morgan fingerprint density at radius 3 is 2.52 bits per heavy atom. The van der Waals surface area contributed by atoms with Gasteiger partial charge in [0, 0.05) is 35.5 Å². The highest BCUT2D eigenvalue weighted by Crippen LogP contribution is 2.25. The predicted octanol–water partition coefficient (Wildman–Crippen LogP) is 4.20. The van der Waals surface area contributed by atoms with Crippen molar-refractivity contribution < 1.29 is 4.39 Å². The van der Waals surface area contributed by atoms with Crippen LogP contribution in [0.15, 0.2) is 24.3 Å². The van der Waals surface area contributed by atoms with Crippen LogP contribution in [0, 0.1) is 5.82 Å². The van der Waals surface area contributed by atoms with E-state index >= 15 is 0 Å². The van der Waals surface area contributed by atoms with Gasteiger partial charge < -0.3 is 5.32 Å². The van der Waals surface area contributed by atoms with Crippen LogP contribution in [0.2, 0.25) is 5.02 Å². The van der Waals surface area contributed by atoms with E-state index < -0.39 is 0 Å². The molecule has 2 aromatic rings. The number of rotatable bonds is 3. The molecule has 0 unspecified atom stereocenters. The number of nitrogens with one attached hydrogen (secondary N) is 1. The van der Waals surface area contributed by atoms with Crippen molar-refractivity contribution in [3.8, 4) is 0 Å². The minimum Gasteiger partial charge on any atom is -0.373 e. The molecule has 1 aromatic heterocycles. The molecule has 0 aliphatic heterocycles. The largest absolute Gasteiger partial charge is 0.373 e. The average Bonchev–Trinajstić information content (AvgIpc) is 2.42. The van der Waals surface area contributed by atoms with Gasteiger partial charge in [-0.15, -0.1) is 0 Å². The summed E-state index contributed by atoms with van der Waals surface area (Å²) in [6, 6.07) is 6.57. The van der Waals surface area contributed by atoms with E-state index in [4.69, 9.17) is 11.6 Å². The molecular weight excluding hydrogens is 289 g/mol. The van der Waals surface area contributed by atoms with Gasteiger partial charge in [-0.1, -0.05) is 38.4 Å². The van der Waals surface area contributed by atoms with Gasteiger partial charge >= 0.3 is 0 Å². The lowest BCUT2D eigenvalue weighted by Crippen LogP contribution is -2.16. The van der Waals surface area contributed by atoms with Gasteiger partial charge in [0.25, 0.3) is 0 Å². The standard InChI is InChI=1S/C16H19ClFN3/c1-16(2,3)13-9-14(19-4)21-15(20-13)8-10-11(17)6-5-7-12(10)18/h5-7,9H,8H2,1-4H3,(H,19,20,21). The van der Waals surface area contributed by atoms with Crippen LogP contribution in [0.3, 0.4) is 0 Å². The maximum atomic E-state index is 13.9. The molecule has 5 heteroatoms. The topological polar surface area (TPSA) is 37.8 Å². The van der Waals surface area contributed by atoms with Crippen molar-refractivity contribution >= 4 is 17.4 Å². The average molecular weight is 308 g/mol. The molecular formula is C16H19ClFN3. The fourth-order valence-electron chi connectivity index (χ4n) is 1.95. The summed E-state index contributed by atoms with van der Waals surface area (Å²) in [6.07, 6.45) is 0.268. The van der Waals surface area contributed by atoms with E-state index in [0.717, 1.165) is 11.5 Å². The molecule has 0 saturated heterocycles. The van der Waals surface area contributed by atoms with E-state index in [1.807, 2.05) is 6.07 Å². The fraction of sp³-hybridized carbons (Fsp3) is 0.375. The van der Waals surface area contributed by atoms with Crippen LogP contribution < -0.4 is 5.32 Å². The van der Waals surface area contributed by atoms with Crippen LogP contribution in [-0.4, -0.2) is 17.0 Å². The molecule has 0 atom stereocenters. The molecule has 0 spiro atoms. The number of aromatic nitrogens is 2. The molecule has 0 amide bonds. The Morgan fingerprint density at radius 1 is 1.24 bits per heavy atom. The van der Waals surface area contributed by atoms with Crippen LogP contribution in [0.5, 0.6) is 0 Å². The molecule has 0 fully saturated rings. The van der Waals surface area contributed by atoms with E-state index in [1.54, 1.807) is 19.2 Å². The lowest BCUT2D eigenvalue weighted by Gasteiger charge is -2.19. The van der Waals surface area contributed by atoms with E-state index in [0.29, 0.717) is 16.4 Å². The Balaban J connectivity index is 2.45. The summed E-state index contributed by atoms with van der Waals surface area (Å²) in [5, 5.41) is 3.41. The number of anilines is 1. The molecule has 3 nitrogen and oxygen atoms in total. The summed E-state index contributed by atoms with van der Waals surface area (Å²) in [7, 11) is 1.80. The third kappa shape index (κ3) is 3.70. The first-order chi connectivity index (χ1) is 9.81. The Bertz CT molecular complexity index is 630. The van der Waals surface area contributed by atoms with Gasteiger partial charge in [0.2, 0.25) is 0 Å². The van der Waals surface area contributed by atoms with Crippen molar-refractivity contribution in [1.82, 2.24) is 9.97 Å². The first-order valence-electron chi connectivity index (χ1n) is 6.80. The Kier molecular flexibility index (Phi) is 4.47. The quantitative estimate of drug-likeness (QED) is 0.923. The van der Waals surface area contributed by atoms with Gasteiger partial charge in [0.15, 0.2) is 0 Å². The van der Waals surface area contributed by atoms with Gasteiger partial charge in [0.1, 0.15) is 17.5 Å². The van der Waals surface area contributed by atoms with Gasteiger partial charge in [-0.05, 0) is 12.1 Å². The van der Waals surface area contributed by atoms with Crippen LogP contribution >= 0.6 is 11.6 Å². The third-order valence-electron chi connectivity index (χ3n) is 3.19. The van der Waals surface area contributed by atoms with Crippen LogP contribution in [0.25, 0.3) is 0 Å². The number of nitrogens with zero attached hydrogens (tertiary/aromatic N) is 2. The van der Waals surface area contributed by atoms with E-state index in [9.17, 15) is 4.39 Å². The molecule has 0 aliphatic carbocycles. The second-order valence-corrected chi connectivity index (χ2v) is 6.34. The summed E-state index contributed by atoms with van der Waals surface area (Å²) in [5.74, 6) is 0.939. The maximum Gasteiger partial charge on any atom is 0.135 e. The van der Waals surface area contributed by atoms with Crippen LogP contribution in [0.4, 0.5) is 10.2 Å². The van der Waals surface area contributed by atoms with Crippen molar-refractivity contribution in [2.75, 3.05) is 12.4 Å². The Hall–Kier alpha value is -1.68. The molecule has 1 aromatic carbocycles. The fourth-order valence-corrected chi connectivity index (χ4v) is 2.18. The smallest absolute Gasteiger partial charge is 0.135 e. The highest BCUT2D eigenvalue weighted by molar-refractivity contribution is 6.31. The summed E-state index contributed by atoms with van der Waals surface area (Å²) < 4.78 is 13.9. The zero-order valence-corrected chi connectivity index (χ0v) is 13.4. The highest BCUT2D eigenvalue weighted by atomic mass is 35.5. The van der Waals surface area contributed by atoms with E-state index in [2.05, 4.69) is 36.1 Å². The normalized spacial score (nSPS) is 11.5. The zero-order chi connectivity index (χ0) is 15.6. The minimum absolute atomic E-state index is 0.109. The monoisotopic (exact) mass is 307 g/mol. The van der Waals surface area contributed by atoms with Crippen molar-refractivity contribution in [1.29, 1.82) is 0 Å². The zero-order valence-electron chi connectivity index (χ0n) is 12.7. The summed E-state index contributed by atoms with van der Waals surface area (Å²) >= 11 is 6.07. The molecule has 1 N–H and O–H groups in total. The summed E-state index contributed by atoms with van der Waals surface area (Å²) in [4.78, 5) is 8.95. The van der Waals surface area contributed by atoms with Crippen LogP contribution in [0.1, 0.15) is 37.9 Å². The second kappa shape index (κ2) is 5.98. The van der Waals surface area contributed by atoms with E-state index in [-0.39, 0.29) is 17.7 Å². The van der Waals surface area contributed by atoms with Crippen LogP contribution in [-0.2, 0) is 11.8 Å². The summed E-state index contributed by atoms with van der Waals surface area (Å²) in [5.41, 5.74) is 1.22. The van der Waals surface area contributed by atoms with E-state index in [1.165, 1.54) is 6.07 Å². The molecule has 0 radical (unpaired) electrons. The van der Waals surface area contributed by atoms with Gasteiger partial charge in [0.05, 0.1) is 5.69 Å². The van der Waals surface area contributed by atoms with Gasteiger partial charge in [-0.2, -0.15) is 0 Å². The molecule has 2 rings (SSSR count). The molecule has 1 heterocycles. The molecule has 21 heavy (non-hydrogen) atoms. The second-order valence-electron chi connectivity index (χ2n) is 5.93. The minimum atomic E-state index is -0.335. The first-order valence-corrected chi connectivity index (χ1v) is 7.18. The number of benzene rings is 1. The van der Waals surface area contributed by atoms with Gasteiger partial charge in [-0.25, -0.2) is 14.4 Å². The molecule has 112 valence electrons. The third-order valence-corrected chi connectivity index (χ3v) is 3.55. The van der Waals surface area contributed by atoms with Gasteiger partial charge in [-0.3, -0.25) is 0 Å². The van der Waals surface area contributed by atoms with Crippen molar-refractivity contribution in [2.45, 2.75) is 32.6 Å². The summed E-state index contributed by atoms with van der Waals surface area (Å²) in [6.45, 7) is 6.23. The Labute approximate surface area is 129 Å². The van der Waals surface area contributed by atoms with Crippen molar-refractivity contribution in [3.05, 3.63) is 52.2 Å². The Morgan fingerprint density at radius 2 is 1.95 bits per heavy atom. The predicted molar refractivity (Wildman–Crippen MR) is 84.5 cm³/mol. The molecule has 0 bridgehead atoms. The first kappa shape index (κ1) is 15.7. The van der Waals surface area contributed by atoms with Crippen molar-refractivity contribution in [2.24, 2.45) is 0 Å². The number of hydrogen-bond acceptors (Lipinski definition) is 3. The number of hydrogen-bond donors (Lipinski definition) is 1. The number of halogens is 2. The highest BCUT2D eigenvalue weighted by Gasteiger charge is 2.19. The lowest BCUT2D eigenvalue weighted by molar-refractivity contribution is 0.562.